The van der Waals surface area contributed by atoms with E-state index in [1.807, 2.05) is 6.92 Å². The predicted octanol–water partition coefficient (Wildman–Crippen LogP) is 2.56. The first-order chi connectivity index (χ1) is 5.43. The Hall–Kier alpha value is -0.720. The van der Waals surface area contributed by atoms with Gasteiger partial charge < -0.3 is 4.90 Å². The van der Waals surface area contributed by atoms with E-state index in [2.05, 4.69) is 29.3 Å². The van der Waals surface area contributed by atoms with Crippen LogP contribution >= 0.6 is 0 Å². The van der Waals surface area contributed by atoms with E-state index in [0.717, 1.165) is 0 Å². The van der Waals surface area contributed by atoms with Crippen LogP contribution in [0.4, 0.5) is 0 Å². The molecule has 0 unspecified atom stereocenters. The Morgan fingerprint density at radius 2 is 1.73 bits per heavy atom. The van der Waals surface area contributed by atoms with Crippen LogP contribution in [0.3, 0.4) is 0 Å². The maximum Gasteiger partial charge on any atom is 0.0172 e. The molecule has 0 saturated carbocycles. The number of hydrogen-bond acceptors (Lipinski definition) is 1. The molecule has 1 heterocycles. The van der Waals surface area contributed by atoms with Crippen LogP contribution in [0.15, 0.2) is 24.4 Å². The summed E-state index contributed by atoms with van der Waals surface area (Å²) in [5.74, 6) is 0. The fourth-order valence-corrected chi connectivity index (χ4v) is 1.35. The SMILES string of the molecule is CC=CC=CN1CCCCC1. The van der Waals surface area contributed by atoms with E-state index in [1.165, 1.54) is 32.4 Å². The van der Waals surface area contributed by atoms with Crippen molar-refractivity contribution in [2.45, 2.75) is 26.2 Å². The number of allylic oxidation sites excluding steroid dienone is 3. The lowest BCUT2D eigenvalue weighted by atomic mass is 10.1. The second-order valence-corrected chi connectivity index (χ2v) is 2.96. The first-order valence-electron chi connectivity index (χ1n) is 4.47. The average Bonchev–Trinajstić information content (AvgIpc) is 2.07. The lowest BCUT2D eigenvalue weighted by Gasteiger charge is -2.24. The second kappa shape index (κ2) is 5.00. The van der Waals surface area contributed by atoms with Gasteiger partial charge in [-0.15, -0.1) is 0 Å². The molecule has 0 aromatic rings. The highest BCUT2D eigenvalue weighted by Crippen LogP contribution is 2.08. The Morgan fingerprint density at radius 3 is 2.36 bits per heavy atom. The van der Waals surface area contributed by atoms with Crippen LogP contribution in [-0.2, 0) is 0 Å². The van der Waals surface area contributed by atoms with Gasteiger partial charge in [0.1, 0.15) is 0 Å². The van der Waals surface area contributed by atoms with Crippen LogP contribution in [0.2, 0.25) is 0 Å². The summed E-state index contributed by atoms with van der Waals surface area (Å²) >= 11 is 0. The molecule has 1 fully saturated rings. The van der Waals surface area contributed by atoms with E-state index in [9.17, 15) is 0 Å². The van der Waals surface area contributed by atoms with Gasteiger partial charge in [-0.3, -0.25) is 0 Å². The Bertz CT molecular complexity index is 141. The molecule has 1 rings (SSSR count). The summed E-state index contributed by atoms with van der Waals surface area (Å²) in [4.78, 5) is 2.39. The zero-order valence-electron chi connectivity index (χ0n) is 7.29. The molecule has 1 aliphatic rings. The number of rotatable bonds is 2. The topological polar surface area (TPSA) is 3.24 Å². The predicted molar refractivity (Wildman–Crippen MR) is 49.4 cm³/mol. The molecule has 0 spiro atoms. The lowest BCUT2D eigenvalue weighted by Crippen LogP contribution is -2.23. The third-order valence-corrected chi connectivity index (χ3v) is 1.99. The van der Waals surface area contributed by atoms with E-state index >= 15 is 0 Å². The molecule has 0 radical (unpaired) electrons. The van der Waals surface area contributed by atoms with Gasteiger partial charge in [0.2, 0.25) is 0 Å². The van der Waals surface area contributed by atoms with Crippen molar-refractivity contribution in [3.8, 4) is 0 Å². The van der Waals surface area contributed by atoms with Gasteiger partial charge >= 0.3 is 0 Å². The van der Waals surface area contributed by atoms with Gasteiger partial charge in [0, 0.05) is 13.1 Å². The highest BCUT2D eigenvalue weighted by molar-refractivity contribution is 5.00. The number of nitrogens with zero attached hydrogens (tertiary/aromatic N) is 1. The van der Waals surface area contributed by atoms with Crippen molar-refractivity contribution in [2.24, 2.45) is 0 Å². The standard InChI is InChI=1S/C10H17N/c1-2-3-5-8-11-9-6-4-7-10-11/h2-3,5,8H,4,6-7,9-10H2,1H3. The van der Waals surface area contributed by atoms with Crippen molar-refractivity contribution in [2.75, 3.05) is 13.1 Å². The highest BCUT2D eigenvalue weighted by atomic mass is 15.1. The molecule has 0 atom stereocenters. The molecule has 62 valence electrons. The van der Waals surface area contributed by atoms with Crippen LogP contribution in [0, 0.1) is 0 Å². The van der Waals surface area contributed by atoms with E-state index in [-0.39, 0.29) is 0 Å². The number of piperidine rings is 1. The smallest absolute Gasteiger partial charge is 0.0172 e. The fourth-order valence-electron chi connectivity index (χ4n) is 1.35. The number of hydrogen-bond donors (Lipinski definition) is 0. The van der Waals surface area contributed by atoms with Crippen LogP contribution < -0.4 is 0 Å². The van der Waals surface area contributed by atoms with Crippen LogP contribution in [0.1, 0.15) is 26.2 Å². The van der Waals surface area contributed by atoms with Crippen molar-refractivity contribution in [1.29, 1.82) is 0 Å². The average molecular weight is 151 g/mol. The molecule has 1 nitrogen and oxygen atoms in total. The summed E-state index contributed by atoms with van der Waals surface area (Å²) in [7, 11) is 0. The summed E-state index contributed by atoms with van der Waals surface area (Å²) in [6, 6.07) is 0. The third-order valence-electron chi connectivity index (χ3n) is 1.99. The van der Waals surface area contributed by atoms with Crippen LogP contribution in [0.25, 0.3) is 0 Å². The molecule has 1 aliphatic heterocycles. The Balaban J connectivity index is 2.23. The van der Waals surface area contributed by atoms with Crippen molar-refractivity contribution in [1.82, 2.24) is 4.90 Å². The minimum atomic E-state index is 1.24. The van der Waals surface area contributed by atoms with E-state index in [1.54, 1.807) is 0 Å². The van der Waals surface area contributed by atoms with Gasteiger partial charge in [-0.05, 0) is 38.5 Å². The van der Waals surface area contributed by atoms with Crippen LogP contribution in [-0.4, -0.2) is 18.0 Å². The summed E-state index contributed by atoms with van der Waals surface area (Å²) in [5, 5.41) is 0. The lowest BCUT2D eigenvalue weighted by molar-refractivity contribution is 0.309. The van der Waals surface area contributed by atoms with Crippen LogP contribution in [0.5, 0.6) is 0 Å². The molecule has 0 aromatic heterocycles. The molecular formula is C10H17N. The third kappa shape index (κ3) is 3.26. The monoisotopic (exact) mass is 151 g/mol. The summed E-state index contributed by atoms with van der Waals surface area (Å²) in [6.45, 7) is 4.53. The Labute approximate surface area is 69.4 Å². The van der Waals surface area contributed by atoms with Crippen molar-refractivity contribution in [3.63, 3.8) is 0 Å². The molecule has 0 N–H and O–H groups in total. The van der Waals surface area contributed by atoms with Crippen molar-refractivity contribution in [3.05, 3.63) is 24.4 Å². The van der Waals surface area contributed by atoms with Crippen molar-refractivity contribution < 1.29 is 0 Å². The minimum Gasteiger partial charge on any atom is -0.377 e. The Morgan fingerprint density at radius 1 is 1.00 bits per heavy atom. The largest absolute Gasteiger partial charge is 0.377 e. The zero-order valence-corrected chi connectivity index (χ0v) is 7.29. The summed E-state index contributed by atoms with van der Waals surface area (Å²) in [6.07, 6.45) is 12.6. The molecule has 0 aliphatic carbocycles. The quantitative estimate of drug-likeness (QED) is 0.548. The fraction of sp³-hybridized carbons (Fsp3) is 0.600. The Kier molecular flexibility index (Phi) is 3.81. The van der Waals surface area contributed by atoms with Gasteiger partial charge in [-0.1, -0.05) is 12.2 Å². The summed E-state index contributed by atoms with van der Waals surface area (Å²) in [5.41, 5.74) is 0. The van der Waals surface area contributed by atoms with Gasteiger partial charge in [0.05, 0.1) is 0 Å². The molecule has 0 aromatic carbocycles. The molecular weight excluding hydrogens is 134 g/mol. The molecule has 1 saturated heterocycles. The molecule has 11 heavy (non-hydrogen) atoms. The number of likely N-dealkylation sites (tertiary alicyclic amines) is 1. The molecule has 0 amide bonds. The van der Waals surface area contributed by atoms with Gasteiger partial charge in [0.15, 0.2) is 0 Å². The molecule has 0 bridgehead atoms. The second-order valence-electron chi connectivity index (χ2n) is 2.96. The summed E-state index contributed by atoms with van der Waals surface area (Å²) < 4.78 is 0. The first kappa shape index (κ1) is 8.38. The maximum absolute atomic E-state index is 2.39. The first-order valence-corrected chi connectivity index (χ1v) is 4.47. The van der Waals surface area contributed by atoms with E-state index in [4.69, 9.17) is 0 Å². The van der Waals surface area contributed by atoms with Gasteiger partial charge in [-0.25, -0.2) is 0 Å². The van der Waals surface area contributed by atoms with Gasteiger partial charge in [-0.2, -0.15) is 0 Å². The van der Waals surface area contributed by atoms with E-state index in [0.29, 0.717) is 0 Å². The normalized spacial score (nSPS) is 20.3. The van der Waals surface area contributed by atoms with E-state index < -0.39 is 0 Å². The van der Waals surface area contributed by atoms with Gasteiger partial charge in [0.25, 0.3) is 0 Å². The highest BCUT2D eigenvalue weighted by Gasteiger charge is 2.03. The minimum absolute atomic E-state index is 1.24. The van der Waals surface area contributed by atoms with Crippen molar-refractivity contribution >= 4 is 0 Å². The zero-order chi connectivity index (χ0) is 7.94. The maximum atomic E-state index is 2.39. The molecule has 1 heteroatoms.